The average Bonchev–Trinajstić information content (AvgIpc) is 2.70. The van der Waals surface area contributed by atoms with Gasteiger partial charge < -0.3 is 10.1 Å². The number of anilines is 2. The Morgan fingerprint density at radius 2 is 1.69 bits per heavy atom. The fraction of sp³-hybridized carbons (Fsp3) is 0.0952. The number of nitrogens with one attached hydrogen (secondary N) is 2. The highest BCUT2D eigenvalue weighted by molar-refractivity contribution is 7.92. The predicted molar refractivity (Wildman–Crippen MR) is 109 cm³/mol. The maximum absolute atomic E-state index is 13.0. The molecular formula is C21H19FN2O4S. The van der Waals surface area contributed by atoms with E-state index in [0.29, 0.717) is 17.0 Å². The Bertz CT molecular complexity index is 1150. The quantitative estimate of drug-likeness (QED) is 0.633. The van der Waals surface area contributed by atoms with Gasteiger partial charge in [0.2, 0.25) is 0 Å². The monoisotopic (exact) mass is 414 g/mol. The van der Waals surface area contributed by atoms with Gasteiger partial charge >= 0.3 is 0 Å². The van der Waals surface area contributed by atoms with Gasteiger partial charge in [0.1, 0.15) is 11.6 Å². The lowest BCUT2D eigenvalue weighted by molar-refractivity contribution is 0.102. The number of hydrogen-bond donors (Lipinski definition) is 2. The third-order valence-electron chi connectivity index (χ3n) is 4.19. The standard InChI is InChI=1S/C21H19FN2O4S/c1-14-7-8-15(21(25)23-17-11-9-16(22)10-12-17)13-20(14)29(26,27)24-18-5-3-4-6-19(18)28-2/h3-13,24H,1-2H3,(H,23,25). The molecule has 0 heterocycles. The molecule has 0 aromatic heterocycles. The largest absolute Gasteiger partial charge is 0.495 e. The molecule has 3 rings (SSSR count). The van der Waals surface area contributed by atoms with Gasteiger partial charge in [-0.1, -0.05) is 18.2 Å². The van der Waals surface area contributed by atoms with Gasteiger partial charge in [-0.05, 0) is 61.0 Å². The van der Waals surface area contributed by atoms with Crippen LogP contribution in [0, 0.1) is 12.7 Å². The van der Waals surface area contributed by atoms with Crippen molar-refractivity contribution in [3.05, 3.63) is 83.7 Å². The molecule has 0 atom stereocenters. The molecule has 0 aliphatic rings. The molecule has 150 valence electrons. The highest BCUT2D eigenvalue weighted by atomic mass is 32.2. The van der Waals surface area contributed by atoms with Crippen molar-refractivity contribution in [2.24, 2.45) is 0 Å². The van der Waals surface area contributed by atoms with Crippen molar-refractivity contribution in [3.63, 3.8) is 0 Å². The fourth-order valence-electron chi connectivity index (χ4n) is 2.70. The van der Waals surface area contributed by atoms with E-state index in [9.17, 15) is 17.6 Å². The van der Waals surface area contributed by atoms with Crippen LogP contribution in [0.1, 0.15) is 15.9 Å². The second-order valence-corrected chi connectivity index (χ2v) is 7.90. The number of carbonyl (C=O) groups excluding carboxylic acids is 1. The molecule has 0 saturated carbocycles. The van der Waals surface area contributed by atoms with Gasteiger partial charge in [0.05, 0.1) is 17.7 Å². The summed E-state index contributed by atoms with van der Waals surface area (Å²) in [7, 11) is -2.53. The summed E-state index contributed by atoms with van der Waals surface area (Å²) in [5, 5.41) is 2.61. The number of hydrogen-bond acceptors (Lipinski definition) is 4. The summed E-state index contributed by atoms with van der Waals surface area (Å²) in [6.45, 7) is 1.64. The van der Waals surface area contributed by atoms with E-state index in [0.717, 1.165) is 0 Å². The van der Waals surface area contributed by atoms with Gasteiger partial charge in [0, 0.05) is 11.3 Å². The van der Waals surface area contributed by atoms with Crippen LogP contribution in [0.25, 0.3) is 0 Å². The number of amides is 1. The lowest BCUT2D eigenvalue weighted by atomic mass is 10.1. The summed E-state index contributed by atoms with van der Waals surface area (Å²) >= 11 is 0. The van der Waals surface area contributed by atoms with Crippen LogP contribution < -0.4 is 14.8 Å². The summed E-state index contributed by atoms with van der Waals surface area (Å²) in [6.07, 6.45) is 0. The molecule has 8 heteroatoms. The number of carbonyl (C=O) groups is 1. The Kier molecular flexibility index (Phi) is 5.84. The van der Waals surface area contributed by atoms with E-state index in [4.69, 9.17) is 4.74 Å². The number of rotatable bonds is 6. The highest BCUT2D eigenvalue weighted by Gasteiger charge is 2.21. The first kappa shape index (κ1) is 20.3. The van der Waals surface area contributed by atoms with E-state index < -0.39 is 21.7 Å². The van der Waals surface area contributed by atoms with Crippen LogP contribution in [0.2, 0.25) is 0 Å². The number of halogens is 1. The summed E-state index contributed by atoms with van der Waals surface area (Å²) in [5.74, 6) is -0.557. The first-order valence-corrected chi connectivity index (χ1v) is 10.1. The maximum Gasteiger partial charge on any atom is 0.262 e. The second-order valence-electron chi connectivity index (χ2n) is 6.25. The first-order chi connectivity index (χ1) is 13.8. The van der Waals surface area contributed by atoms with Gasteiger partial charge in [0.15, 0.2) is 0 Å². The van der Waals surface area contributed by atoms with Gasteiger partial charge in [-0.3, -0.25) is 9.52 Å². The minimum Gasteiger partial charge on any atom is -0.495 e. The number of sulfonamides is 1. The molecule has 1 amide bonds. The molecule has 0 fully saturated rings. The van der Waals surface area contributed by atoms with Crippen LogP contribution in [-0.2, 0) is 10.0 Å². The normalized spacial score (nSPS) is 11.0. The minimum atomic E-state index is -3.97. The smallest absolute Gasteiger partial charge is 0.262 e. The molecule has 0 aliphatic heterocycles. The van der Waals surface area contributed by atoms with E-state index in [1.165, 1.54) is 43.5 Å². The van der Waals surface area contributed by atoms with Crippen LogP contribution >= 0.6 is 0 Å². The van der Waals surface area contributed by atoms with Crippen molar-refractivity contribution >= 4 is 27.3 Å². The Hall–Kier alpha value is -3.39. The fourth-order valence-corrected chi connectivity index (χ4v) is 4.04. The Labute approximate surface area is 168 Å². The minimum absolute atomic E-state index is 0.0323. The van der Waals surface area contributed by atoms with Gasteiger partial charge in [-0.2, -0.15) is 0 Å². The van der Waals surface area contributed by atoms with E-state index >= 15 is 0 Å². The Morgan fingerprint density at radius 1 is 1.00 bits per heavy atom. The third-order valence-corrected chi connectivity index (χ3v) is 5.70. The second kappa shape index (κ2) is 8.32. The van der Waals surface area contributed by atoms with Crippen molar-refractivity contribution < 1.29 is 22.3 Å². The van der Waals surface area contributed by atoms with E-state index in [1.807, 2.05) is 0 Å². The molecule has 0 spiro atoms. The molecule has 0 aliphatic carbocycles. The SMILES string of the molecule is COc1ccccc1NS(=O)(=O)c1cc(C(=O)Nc2ccc(F)cc2)ccc1C. The van der Waals surface area contributed by atoms with Gasteiger partial charge in [-0.15, -0.1) is 0 Å². The summed E-state index contributed by atoms with van der Waals surface area (Å²) < 4.78 is 46.5. The Balaban J connectivity index is 1.89. The zero-order chi connectivity index (χ0) is 21.0. The van der Waals surface area contributed by atoms with Crippen LogP contribution in [0.3, 0.4) is 0 Å². The number of methoxy groups -OCH3 is 1. The van der Waals surface area contributed by atoms with Crippen LogP contribution in [-0.4, -0.2) is 21.4 Å². The van der Waals surface area contributed by atoms with E-state index in [1.54, 1.807) is 37.3 Å². The summed E-state index contributed by atoms with van der Waals surface area (Å²) in [6, 6.07) is 16.3. The molecule has 6 nitrogen and oxygen atoms in total. The molecule has 0 bridgehead atoms. The molecule has 0 saturated heterocycles. The first-order valence-electron chi connectivity index (χ1n) is 8.63. The summed E-state index contributed by atoms with van der Waals surface area (Å²) in [4.78, 5) is 12.5. The number of benzene rings is 3. The highest BCUT2D eigenvalue weighted by Crippen LogP contribution is 2.27. The predicted octanol–water partition coefficient (Wildman–Crippen LogP) is 4.20. The zero-order valence-electron chi connectivity index (χ0n) is 15.8. The van der Waals surface area contributed by atoms with Crippen LogP contribution in [0.15, 0.2) is 71.6 Å². The lowest BCUT2D eigenvalue weighted by Crippen LogP contribution is -2.17. The number of para-hydroxylation sites is 2. The molecule has 3 aromatic rings. The van der Waals surface area contributed by atoms with Crippen molar-refractivity contribution in [2.45, 2.75) is 11.8 Å². The molecule has 0 unspecified atom stereocenters. The molecular weight excluding hydrogens is 395 g/mol. The van der Waals surface area contributed by atoms with Crippen LogP contribution in [0.5, 0.6) is 5.75 Å². The lowest BCUT2D eigenvalue weighted by Gasteiger charge is -2.14. The molecule has 0 radical (unpaired) electrons. The average molecular weight is 414 g/mol. The van der Waals surface area contributed by atoms with Gasteiger partial charge in [0.25, 0.3) is 15.9 Å². The van der Waals surface area contributed by atoms with Gasteiger partial charge in [-0.25, -0.2) is 12.8 Å². The van der Waals surface area contributed by atoms with Crippen molar-refractivity contribution in [1.29, 1.82) is 0 Å². The third kappa shape index (κ3) is 4.72. The van der Waals surface area contributed by atoms with E-state index in [2.05, 4.69) is 10.0 Å². The maximum atomic E-state index is 13.0. The summed E-state index contributed by atoms with van der Waals surface area (Å²) in [5.41, 5.74) is 1.31. The van der Waals surface area contributed by atoms with Crippen molar-refractivity contribution in [3.8, 4) is 5.75 Å². The molecule has 2 N–H and O–H groups in total. The number of ether oxygens (including phenoxy) is 1. The molecule has 3 aromatic carbocycles. The topological polar surface area (TPSA) is 84.5 Å². The Morgan fingerprint density at radius 3 is 2.38 bits per heavy atom. The van der Waals surface area contributed by atoms with Crippen molar-refractivity contribution in [2.75, 3.05) is 17.1 Å². The number of aryl methyl sites for hydroxylation is 1. The molecule has 29 heavy (non-hydrogen) atoms. The van der Waals surface area contributed by atoms with E-state index in [-0.39, 0.29) is 16.1 Å². The van der Waals surface area contributed by atoms with Crippen molar-refractivity contribution in [1.82, 2.24) is 0 Å². The van der Waals surface area contributed by atoms with Crippen LogP contribution in [0.4, 0.5) is 15.8 Å². The zero-order valence-corrected chi connectivity index (χ0v) is 16.6.